The lowest BCUT2D eigenvalue weighted by Crippen LogP contribution is -2.43. The van der Waals surface area contributed by atoms with Gasteiger partial charge in [-0.2, -0.15) is 0 Å². The molecule has 2 aliphatic rings. The third-order valence-corrected chi connectivity index (χ3v) is 9.54. The van der Waals surface area contributed by atoms with Crippen molar-refractivity contribution < 1.29 is 19.8 Å². The van der Waals surface area contributed by atoms with Gasteiger partial charge >= 0.3 is 0 Å². The molecule has 1 heterocycles. The number of likely N-dealkylation sites (tertiary alicyclic amines) is 1. The summed E-state index contributed by atoms with van der Waals surface area (Å²) in [7, 11) is 0. The summed E-state index contributed by atoms with van der Waals surface area (Å²) in [6.45, 7) is 0.150. The molecule has 46 heavy (non-hydrogen) atoms. The molecule has 1 aliphatic carbocycles. The Morgan fingerprint density at radius 1 is 0.870 bits per heavy atom. The number of nitrogens with two attached hydrogens (primary N) is 1. The van der Waals surface area contributed by atoms with Crippen molar-refractivity contribution in [3.8, 4) is 0 Å². The van der Waals surface area contributed by atoms with Crippen molar-refractivity contribution in [2.45, 2.75) is 62.8 Å². The van der Waals surface area contributed by atoms with Crippen LogP contribution in [0.4, 0.5) is 5.69 Å². The van der Waals surface area contributed by atoms with Gasteiger partial charge in [0.2, 0.25) is 11.8 Å². The van der Waals surface area contributed by atoms with Crippen molar-refractivity contribution in [2.75, 3.05) is 12.3 Å². The molecule has 1 fully saturated rings. The molecule has 0 radical (unpaired) electrons. The van der Waals surface area contributed by atoms with Gasteiger partial charge in [-0.1, -0.05) is 97.1 Å². The number of nitrogens with zero attached hydrogens (tertiary/aromatic N) is 1. The molecule has 5 N–H and O–H groups in total. The first-order valence-electron chi connectivity index (χ1n) is 16.3. The SMILES string of the molecule is Nc1cccc(CC2C[C@H](Cc3ccccc3)N(C[C@@H](O)C[C@@H](Cc3ccccc3)C(=O)NC3c4ccccc4C[C@H]3O)C2=O)c1. The number of β-amino-alcohol motifs (C(OH)–C–C–N with tert-alkyl or cyclic N) is 1. The molecule has 6 rings (SSSR count). The summed E-state index contributed by atoms with van der Waals surface area (Å²) in [6.07, 6.45) is 1.47. The Balaban J connectivity index is 1.19. The summed E-state index contributed by atoms with van der Waals surface area (Å²) in [5.41, 5.74) is 11.8. The number of carbonyl (C=O) groups excluding carboxylic acids is 2. The molecule has 2 unspecified atom stereocenters. The Labute approximate surface area is 271 Å². The normalized spacial score (nSPS) is 22.0. The Bertz CT molecular complexity index is 1630. The Morgan fingerprint density at radius 3 is 2.28 bits per heavy atom. The average molecular weight is 618 g/mol. The molecule has 0 spiro atoms. The fourth-order valence-electron chi connectivity index (χ4n) is 7.30. The minimum Gasteiger partial charge on any atom is -0.399 e. The second-order valence-corrected chi connectivity index (χ2v) is 12.9. The van der Waals surface area contributed by atoms with E-state index in [0.29, 0.717) is 37.8 Å². The summed E-state index contributed by atoms with van der Waals surface area (Å²) in [5.74, 6) is -0.949. The second-order valence-electron chi connectivity index (χ2n) is 12.9. The Hall–Kier alpha value is -4.46. The van der Waals surface area contributed by atoms with Gasteiger partial charge in [0.1, 0.15) is 0 Å². The Morgan fingerprint density at radius 2 is 1.54 bits per heavy atom. The van der Waals surface area contributed by atoms with Crippen LogP contribution in [0.3, 0.4) is 0 Å². The second kappa shape index (κ2) is 14.3. The van der Waals surface area contributed by atoms with Crippen molar-refractivity contribution in [3.63, 3.8) is 0 Å². The van der Waals surface area contributed by atoms with Crippen LogP contribution in [0.2, 0.25) is 0 Å². The van der Waals surface area contributed by atoms with Gasteiger partial charge in [0.15, 0.2) is 0 Å². The highest BCUT2D eigenvalue weighted by Gasteiger charge is 2.41. The molecule has 4 aromatic rings. The molecular formula is C39H43N3O4. The predicted octanol–water partition coefficient (Wildman–Crippen LogP) is 4.66. The van der Waals surface area contributed by atoms with Crippen LogP contribution in [-0.4, -0.2) is 51.7 Å². The average Bonchev–Trinajstić information content (AvgIpc) is 3.52. The number of carbonyl (C=O) groups is 2. The minimum absolute atomic E-state index is 0.0251. The van der Waals surface area contributed by atoms with E-state index in [1.54, 1.807) is 0 Å². The van der Waals surface area contributed by atoms with Crippen LogP contribution < -0.4 is 11.1 Å². The highest BCUT2D eigenvalue weighted by molar-refractivity contribution is 5.82. The van der Waals surface area contributed by atoms with Gasteiger partial charge in [-0.15, -0.1) is 0 Å². The maximum Gasteiger partial charge on any atom is 0.226 e. The molecule has 7 heteroatoms. The fraction of sp³-hybridized carbons (Fsp3) is 0.333. The smallest absolute Gasteiger partial charge is 0.226 e. The maximum atomic E-state index is 13.9. The largest absolute Gasteiger partial charge is 0.399 e. The van der Waals surface area contributed by atoms with Gasteiger partial charge in [0.05, 0.1) is 18.2 Å². The van der Waals surface area contributed by atoms with Gasteiger partial charge in [-0.3, -0.25) is 9.59 Å². The van der Waals surface area contributed by atoms with Gasteiger partial charge in [-0.25, -0.2) is 0 Å². The molecule has 4 aromatic carbocycles. The van der Waals surface area contributed by atoms with Gasteiger partial charge in [0, 0.05) is 36.5 Å². The monoisotopic (exact) mass is 617 g/mol. The van der Waals surface area contributed by atoms with Crippen molar-refractivity contribution in [2.24, 2.45) is 11.8 Å². The van der Waals surface area contributed by atoms with Crippen molar-refractivity contribution in [3.05, 3.63) is 137 Å². The molecule has 0 bridgehead atoms. The van der Waals surface area contributed by atoms with Crippen LogP contribution in [0.15, 0.2) is 109 Å². The summed E-state index contributed by atoms with van der Waals surface area (Å²) in [6, 6.07) is 34.8. The summed E-state index contributed by atoms with van der Waals surface area (Å²) in [4.78, 5) is 29.6. The number of amides is 2. The van der Waals surface area contributed by atoms with Crippen LogP contribution in [0.1, 0.15) is 46.7 Å². The maximum absolute atomic E-state index is 13.9. The number of aliphatic hydroxyl groups is 2. The number of benzene rings is 4. The number of nitrogen functional groups attached to an aromatic ring is 1. The van der Waals surface area contributed by atoms with Crippen LogP contribution in [0, 0.1) is 11.8 Å². The minimum atomic E-state index is -0.909. The van der Waals surface area contributed by atoms with E-state index in [1.807, 2.05) is 102 Å². The highest BCUT2D eigenvalue weighted by Crippen LogP contribution is 2.33. The zero-order valence-corrected chi connectivity index (χ0v) is 26.0. The van der Waals surface area contributed by atoms with E-state index in [1.165, 1.54) is 0 Å². The standard InChI is InChI=1S/C39H43N3O4/c40-32-16-9-14-28(20-32)19-31-22-33(21-27-12-5-2-6-13-27)42(39(31)46)25-34(43)23-30(18-26-10-3-1-4-11-26)38(45)41-37-35-17-8-7-15-29(35)24-36(37)44/h1-17,20,30-31,33-34,36-37,43-44H,18-19,21-25,40H2,(H,41,45)/t30-,31?,33+,34+,36-,37?/m1/s1. The third-order valence-electron chi connectivity index (χ3n) is 9.54. The molecule has 2 amide bonds. The van der Waals surface area contributed by atoms with Crippen LogP contribution in [-0.2, 0) is 35.3 Å². The predicted molar refractivity (Wildman–Crippen MR) is 180 cm³/mol. The zero-order chi connectivity index (χ0) is 32.0. The van der Waals surface area contributed by atoms with Crippen LogP contribution >= 0.6 is 0 Å². The van der Waals surface area contributed by atoms with Crippen molar-refractivity contribution in [1.82, 2.24) is 10.2 Å². The van der Waals surface area contributed by atoms with E-state index in [4.69, 9.17) is 5.73 Å². The van der Waals surface area contributed by atoms with Crippen LogP contribution in [0.25, 0.3) is 0 Å². The fourth-order valence-corrected chi connectivity index (χ4v) is 7.30. The molecule has 1 aliphatic heterocycles. The highest BCUT2D eigenvalue weighted by atomic mass is 16.3. The van der Waals surface area contributed by atoms with Crippen molar-refractivity contribution in [1.29, 1.82) is 0 Å². The number of rotatable bonds is 12. The van der Waals surface area contributed by atoms with Gasteiger partial charge in [0.25, 0.3) is 0 Å². The summed E-state index contributed by atoms with van der Waals surface area (Å²) < 4.78 is 0. The van der Waals surface area contributed by atoms with E-state index in [9.17, 15) is 19.8 Å². The van der Waals surface area contributed by atoms with Gasteiger partial charge < -0.3 is 26.2 Å². The van der Waals surface area contributed by atoms with E-state index in [-0.39, 0.29) is 36.7 Å². The third kappa shape index (κ3) is 7.49. The number of hydrogen-bond acceptors (Lipinski definition) is 5. The Kier molecular flexibility index (Phi) is 9.81. The van der Waals surface area contributed by atoms with Crippen molar-refractivity contribution >= 4 is 17.5 Å². The summed E-state index contributed by atoms with van der Waals surface area (Å²) >= 11 is 0. The first-order valence-corrected chi connectivity index (χ1v) is 16.3. The lowest BCUT2D eigenvalue weighted by molar-refractivity contribution is -0.133. The number of fused-ring (bicyclic) bond motifs is 1. The van der Waals surface area contributed by atoms with E-state index in [0.717, 1.165) is 27.8 Å². The molecule has 0 saturated carbocycles. The number of hydrogen-bond donors (Lipinski definition) is 4. The molecule has 1 saturated heterocycles. The number of nitrogens with one attached hydrogen (secondary N) is 1. The lowest BCUT2D eigenvalue weighted by atomic mass is 9.91. The van der Waals surface area contributed by atoms with E-state index < -0.39 is 24.2 Å². The number of aliphatic hydroxyl groups excluding tert-OH is 2. The zero-order valence-electron chi connectivity index (χ0n) is 26.0. The molecule has 238 valence electrons. The van der Waals surface area contributed by atoms with E-state index in [2.05, 4.69) is 17.4 Å². The first-order chi connectivity index (χ1) is 22.3. The molecule has 0 aromatic heterocycles. The van der Waals surface area contributed by atoms with E-state index >= 15 is 0 Å². The number of anilines is 1. The lowest BCUT2D eigenvalue weighted by Gasteiger charge is -2.29. The first kappa shape index (κ1) is 31.5. The molecule has 6 atom stereocenters. The molecular weight excluding hydrogens is 574 g/mol. The molecule has 7 nitrogen and oxygen atoms in total. The quantitative estimate of drug-likeness (QED) is 0.173. The van der Waals surface area contributed by atoms with Crippen LogP contribution in [0.5, 0.6) is 0 Å². The van der Waals surface area contributed by atoms with Gasteiger partial charge in [-0.05, 0) is 72.1 Å². The summed E-state index contributed by atoms with van der Waals surface area (Å²) in [5, 5.41) is 25.5. The topological polar surface area (TPSA) is 116 Å².